The van der Waals surface area contributed by atoms with Gasteiger partial charge in [0.1, 0.15) is 5.60 Å². The lowest BCUT2D eigenvalue weighted by Gasteiger charge is -2.32. The molecule has 1 amide bonds. The number of alkyl carbamates (subject to hydrolysis) is 1. The lowest BCUT2D eigenvalue weighted by molar-refractivity contribution is 0.0320. The highest BCUT2D eigenvalue weighted by atomic mass is 127. The van der Waals surface area contributed by atoms with Crippen molar-refractivity contribution in [2.24, 2.45) is 10.9 Å². The first kappa shape index (κ1) is 27.2. The quantitative estimate of drug-likeness (QED) is 0.273. The number of carbonyl (C=O) groups is 1. The van der Waals surface area contributed by atoms with Crippen molar-refractivity contribution in [3.63, 3.8) is 0 Å². The maximum atomic E-state index is 11.9. The smallest absolute Gasteiger partial charge is 0.407 e. The van der Waals surface area contributed by atoms with Crippen LogP contribution in [0.2, 0.25) is 0 Å². The SMILES string of the molecule is CN=C(NCC(C)CN1CCOCC1)NC1CCC(NC(=O)OC(C)(C)C)CC1.I. The van der Waals surface area contributed by atoms with Crippen molar-refractivity contribution in [2.45, 2.75) is 71.1 Å². The molecule has 1 heterocycles. The van der Waals surface area contributed by atoms with Crippen LogP contribution in [-0.2, 0) is 9.47 Å². The van der Waals surface area contributed by atoms with E-state index in [0.29, 0.717) is 12.0 Å². The molecule has 3 N–H and O–H groups in total. The molecule has 2 rings (SSSR count). The van der Waals surface area contributed by atoms with Crippen molar-refractivity contribution in [2.75, 3.05) is 46.4 Å². The molecule has 1 aliphatic heterocycles. The highest BCUT2D eigenvalue weighted by Crippen LogP contribution is 2.19. The fourth-order valence-electron chi connectivity index (χ4n) is 3.80. The molecule has 0 bridgehead atoms. The van der Waals surface area contributed by atoms with Crippen molar-refractivity contribution in [1.82, 2.24) is 20.9 Å². The summed E-state index contributed by atoms with van der Waals surface area (Å²) in [4.78, 5) is 18.8. The Balaban J connectivity index is 0.00000450. The summed E-state index contributed by atoms with van der Waals surface area (Å²) in [6, 6.07) is 0.568. The van der Waals surface area contributed by atoms with Crippen molar-refractivity contribution >= 4 is 36.0 Å². The molecule has 0 radical (unpaired) electrons. The third kappa shape index (κ3) is 11.0. The van der Waals surface area contributed by atoms with Crippen LogP contribution in [0.15, 0.2) is 4.99 Å². The Labute approximate surface area is 199 Å². The monoisotopic (exact) mass is 539 g/mol. The number of aliphatic imine (C=N–C) groups is 1. The van der Waals surface area contributed by atoms with E-state index in [1.54, 1.807) is 0 Å². The Bertz CT molecular complexity index is 527. The van der Waals surface area contributed by atoms with Gasteiger partial charge in [0.25, 0.3) is 0 Å². The Hall–Kier alpha value is -0.810. The van der Waals surface area contributed by atoms with Gasteiger partial charge in [-0.25, -0.2) is 4.79 Å². The minimum atomic E-state index is -0.458. The summed E-state index contributed by atoms with van der Waals surface area (Å²) in [5.41, 5.74) is -0.458. The molecule has 1 atom stereocenters. The van der Waals surface area contributed by atoms with Crippen LogP contribution >= 0.6 is 24.0 Å². The van der Waals surface area contributed by atoms with E-state index in [2.05, 4.69) is 32.8 Å². The molecule has 2 fully saturated rings. The second-order valence-corrected chi connectivity index (χ2v) is 9.31. The van der Waals surface area contributed by atoms with Gasteiger partial charge in [0.2, 0.25) is 0 Å². The van der Waals surface area contributed by atoms with Gasteiger partial charge in [0.05, 0.1) is 13.2 Å². The standard InChI is InChI=1S/C21H41N5O3.HI/c1-16(15-26-10-12-28-13-11-26)14-23-19(22-5)24-17-6-8-18(9-7-17)25-20(27)29-21(2,3)4;/h16-18H,6-15H2,1-5H3,(H,25,27)(H2,22,23,24);1H. The highest BCUT2D eigenvalue weighted by molar-refractivity contribution is 14.0. The van der Waals surface area contributed by atoms with E-state index in [-0.39, 0.29) is 36.1 Å². The molecule has 0 aromatic carbocycles. The number of guanidine groups is 1. The normalized spacial score (nSPS) is 24.4. The number of nitrogens with zero attached hydrogens (tertiary/aromatic N) is 2. The summed E-state index contributed by atoms with van der Waals surface area (Å²) < 4.78 is 10.8. The van der Waals surface area contributed by atoms with Crippen LogP contribution in [0.4, 0.5) is 4.79 Å². The number of amides is 1. The maximum absolute atomic E-state index is 11.9. The molecule has 30 heavy (non-hydrogen) atoms. The van der Waals surface area contributed by atoms with Crippen LogP contribution in [-0.4, -0.2) is 81.1 Å². The third-order valence-electron chi connectivity index (χ3n) is 5.30. The van der Waals surface area contributed by atoms with E-state index < -0.39 is 5.60 Å². The number of carbonyl (C=O) groups excluding carboxylic acids is 1. The van der Waals surface area contributed by atoms with Gasteiger partial charge in [-0.1, -0.05) is 6.92 Å². The van der Waals surface area contributed by atoms with Gasteiger partial charge in [-0.2, -0.15) is 0 Å². The highest BCUT2D eigenvalue weighted by Gasteiger charge is 2.25. The molecule has 1 unspecified atom stereocenters. The number of nitrogens with one attached hydrogen (secondary N) is 3. The predicted octanol–water partition coefficient (Wildman–Crippen LogP) is 2.57. The summed E-state index contributed by atoms with van der Waals surface area (Å²) in [6.45, 7) is 13.6. The molecule has 176 valence electrons. The first-order valence-corrected chi connectivity index (χ1v) is 11.0. The molecule has 8 nitrogen and oxygen atoms in total. The van der Waals surface area contributed by atoms with Crippen LogP contribution in [0, 0.1) is 5.92 Å². The van der Waals surface area contributed by atoms with Crippen molar-refractivity contribution in [3.05, 3.63) is 0 Å². The van der Waals surface area contributed by atoms with Crippen LogP contribution < -0.4 is 16.0 Å². The van der Waals surface area contributed by atoms with Gasteiger partial charge in [-0.05, 0) is 52.4 Å². The zero-order chi connectivity index (χ0) is 21.3. The van der Waals surface area contributed by atoms with Crippen molar-refractivity contribution < 1.29 is 14.3 Å². The van der Waals surface area contributed by atoms with E-state index >= 15 is 0 Å². The van der Waals surface area contributed by atoms with Gasteiger partial charge < -0.3 is 25.4 Å². The largest absolute Gasteiger partial charge is 0.444 e. The van der Waals surface area contributed by atoms with Crippen molar-refractivity contribution in [1.29, 1.82) is 0 Å². The molecule has 1 saturated carbocycles. The van der Waals surface area contributed by atoms with E-state index in [1.165, 1.54) is 0 Å². The molecule has 1 saturated heterocycles. The van der Waals surface area contributed by atoms with Crippen molar-refractivity contribution in [3.8, 4) is 0 Å². The van der Waals surface area contributed by atoms with E-state index in [4.69, 9.17) is 9.47 Å². The molecule has 0 spiro atoms. The first-order valence-electron chi connectivity index (χ1n) is 11.0. The number of hydrogen-bond donors (Lipinski definition) is 3. The average molecular weight is 540 g/mol. The van der Waals surface area contributed by atoms with Gasteiger partial charge in [-0.15, -0.1) is 24.0 Å². The van der Waals surface area contributed by atoms with Gasteiger partial charge >= 0.3 is 6.09 Å². The van der Waals surface area contributed by atoms with E-state index in [9.17, 15) is 4.79 Å². The number of rotatable bonds is 6. The van der Waals surface area contributed by atoms with Gasteiger partial charge in [-0.3, -0.25) is 9.89 Å². The summed E-state index contributed by atoms with van der Waals surface area (Å²) in [7, 11) is 1.82. The van der Waals surface area contributed by atoms with Crippen LogP contribution in [0.1, 0.15) is 53.4 Å². The number of halogens is 1. The Morgan fingerprint density at radius 3 is 2.23 bits per heavy atom. The van der Waals surface area contributed by atoms with Crippen LogP contribution in [0.25, 0.3) is 0 Å². The molecule has 9 heteroatoms. The average Bonchev–Trinajstić information content (AvgIpc) is 2.65. The topological polar surface area (TPSA) is 87.2 Å². The third-order valence-corrected chi connectivity index (χ3v) is 5.30. The molecule has 0 aromatic heterocycles. The molecule has 0 aromatic rings. The number of hydrogen-bond acceptors (Lipinski definition) is 5. The molecule has 1 aliphatic carbocycles. The zero-order valence-corrected chi connectivity index (χ0v) is 21.7. The Kier molecular flexibility index (Phi) is 12.3. The summed E-state index contributed by atoms with van der Waals surface area (Å²) in [5, 5.41) is 10.00. The summed E-state index contributed by atoms with van der Waals surface area (Å²) >= 11 is 0. The van der Waals surface area contributed by atoms with Crippen LogP contribution in [0.3, 0.4) is 0 Å². The second kappa shape index (κ2) is 13.6. The molecular weight excluding hydrogens is 497 g/mol. The summed E-state index contributed by atoms with van der Waals surface area (Å²) in [5.74, 6) is 1.41. The fourth-order valence-corrected chi connectivity index (χ4v) is 3.80. The molecular formula is C21H42IN5O3. The van der Waals surface area contributed by atoms with Crippen LogP contribution in [0.5, 0.6) is 0 Å². The minimum absolute atomic E-state index is 0. The lowest BCUT2D eigenvalue weighted by Crippen LogP contribution is -2.49. The van der Waals surface area contributed by atoms with E-state index in [0.717, 1.165) is 71.0 Å². The first-order chi connectivity index (χ1) is 13.7. The molecule has 2 aliphatic rings. The Morgan fingerprint density at radius 2 is 1.70 bits per heavy atom. The Morgan fingerprint density at radius 1 is 1.13 bits per heavy atom. The van der Waals surface area contributed by atoms with Gasteiger partial charge in [0.15, 0.2) is 5.96 Å². The van der Waals surface area contributed by atoms with E-state index in [1.807, 2.05) is 27.8 Å². The lowest BCUT2D eigenvalue weighted by atomic mass is 9.91. The van der Waals surface area contributed by atoms with Gasteiger partial charge in [0, 0.05) is 45.3 Å². The predicted molar refractivity (Wildman–Crippen MR) is 132 cm³/mol. The maximum Gasteiger partial charge on any atom is 0.407 e. The zero-order valence-electron chi connectivity index (χ0n) is 19.3. The summed E-state index contributed by atoms with van der Waals surface area (Å²) in [6.07, 6.45) is 3.58. The minimum Gasteiger partial charge on any atom is -0.444 e. The number of ether oxygens (including phenoxy) is 2. The fraction of sp³-hybridized carbons (Fsp3) is 0.905. The number of morpholine rings is 1. The second-order valence-electron chi connectivity index (χ2n) is 9.31.